The van der Waals surface area contributed by atoms with Crippen molar-refractivity contribution in [1.29, 1.82) is 0 Å². The van der Waals surface area contributed by atoms with E-state index < -0.39 is 29.3 Å². The molecule has 1 aromatic heterocycles. The van der Waals surface area contributed by atoms with Gasteiger partial charge in [-0.15, -0.1) is 0 Å². The number of aromatic nitrogens is 1. The van der Waals surface area contributed by atoms with Gasteiger partial charge in [0.15, 0.2) is 0 Å². The molecule has 2 aromatic carbocycles. The molecule has 4 rings (SSSR count). The van der Waals surface area contributed by atoms with E-state index in [-0.39, 0.29) is 22.5 Å². The molecule has 0 saturated carbocycles. The number of amidine groups is 1. The maximum Gasteiger partial charge on any atom is 0.416 e. The monoisotopic (exact) mass is 563 g/mol. The first-order valence-corrected chi connectivity index (χ1v) is 12.3. The highest BCUT2D eigenvalue weighted by Gasteiger charge is 2.31. The Morgan fingerprint density at radius 3 is 2.46 bits per heavy atom. The molecule has 0 unspecified atom stereocenters. The average Bonchev–Trinajstić information content (AvgIpc) is 3.23. The quantitative estimate of drug-likeness (QED) is 0.115. The fourth-order valence-corrected chi connectivity index (χ4v) is 4.70. The average molecular weight is 564 g/mol. The zero-order valence-electron chi connectivity index (χ0n) is 20.6. The van der Waals surface area contributed by atoms with E-state index in [9.17, 15) is 22.4 Å². The molecule has 2 heterocycles. The summed E-state index contributed by atoms with van der Waals surface area (Å²) in [6.07, 6.45) is -1.61. The molecule has 1 fully saturated rings. The second kappa shape index (κ2) is 11.4. The number of benzene rings is 2. The van der Waals surface area contributed by atoms with E-state index in [1.165, 1.54) is 16.9 Å². The van der Waals surface area contributed by atoms with Gasteiger partial charge in [0.25, 0.3) is 0 Å². The smallest absolute Gasteiger partial charge is 0.382 e. The fourth-order valence-electron chi connectivity index (χ4n) is 4.48. The zero-order chi connectivity index (χ0) is 28.3. The first-order valence-electron chi connectivity index (χ1n) is 11.9. The van der Waals surface area contributed by atoms with Crippen LogP contribution in [0.25, 0.3) is 11.1 Å². The molecule has 13 heteroatoms. The van der Waals surface area contributed by atoms with Crippen molar-refractivity contribution in [3.05, 3.63) is 83.0 Å². The number of hydrogen-bond acceptors (Lipinski definition) is 4. The van der Waals surface area contributed by atoms with E-state index >= 15 is 0 Å². The summed E-state index contributed by atoms with van der Waals surface area (Å²) in [4.78, 5) is 16.5. The van der Waals surface area contributed by atoms with Crippen molar-refractivity contribution in [2.75, 3.05) is 29.6 Å². The van der Waals surface area contributed by atoms with Gasteiger partial charge in [-0.2, -0.15) is 13.2 Å². The standard InChI is InChI=1S/C26H26ClF4N7O/c1-2-35-24(32)23-17(13-22(38(23)33)14-7-9-34-10-8-14)15-3-6-20(18(27)11-15)36-25(39)37-21-12-16(26(29,30)31)4-5-19(21)28/h2-6,11-14,34H,1,7-10,33H2,(H2,32,35)(H2,36,37,39). The number of halogens is 5. The number of piperidine rings is 1. The van der Waals surface area contributed by atoms with Crippen LogP contribution in [0.5, 0.6) is 0 Å². The molecular formula is C26H26ClF4N7O. The molecule has 1 aliphatic rings. The van der Waals surface area contributed by atoms with E-state index in [1.807, 2.05) is 6.07 Å². The number of anilines is 2. The highest BCUT2D eigenvalue weighted by Crippen LogP contribution is 2.36. The van der Waals surface area contributed by atoms with E-state index in [1.54, 1.807) is 12.1 Å². The minimum absolute atomic E-state index is 0.116. The normalized spacial score (nSPS) is 14.7. The molecule has 0 atom stereocenters. The highest BCUT2D eigenvalue weighted by molar-refractivity contribution is 6.34. The summed E-state index contributed by atoms with van der Waals surface area (Å²) in [7, 11) is 0. The van der Waals surface area contributed by atoms with Gasteiger partial charge in [-0.3, -0.25) is 4.68 Å². The van der Waals surface area contributed by atoms with Gasteiger partial charge in [-0.05, 0) is 67.9 Å². The van der Waals surface area contributed by atoms with Gasteiger partial charge >= 0.3 is 12.2 Å². The van der Waals surface area contributed by atoms with Crippen LogP contribution in [0.3, 0.4) is 0 Å². The number of aliphatic imine (C=N–C) groups is 1. The number of rotatable bonds is 6. The molecule has 206 valence electrons. The van der Waals surface area contributed by atoms with Crippen molar-refractivity contribution >= 4 is 34.8 Å². The second-order valence-electron chi connectivity index (χ2n) is 8.89. The maximum atomic E-state index is 14.0. The maximum absolute atomic E-state index is 14.0. The third kappa shape index (κ3) is 6.18. The van der Waals surface area contributed by atoms with Crippen molar-refractivity contribution in [2.45, 2.75) is 24.9 Å². The third-order valence-electron chi connectivity index (χ3n) is 6.37. The number of urea groups is 1. The largest absolute Gasteiger partial charge is 0.416 e. The predicted octanol–water partition coefficient (Wildman–Crippen LogP) is 5.64. The van der Waals surface area contributed by atoms with Crippen molar-refractivity contribution in [2.24, 2.45) is 10.7 Å². The van der Waals surface area contributed by atoms with Gasteiger partial charge in [0.05, 0.1) is 22.0 Å². The molecule has 0 aliphatic carbocycles. The molecule has 8 nitrogen and oxygen atoms in total. The summed E-state index contributed by atoms with van der Waals surface area (Å²) < 4.78 is 54.4. The van der Waals surface area contributed by atoms with E-state index in [2.05, 4.69) is 27.5 Å². The molecule has 39 heavy (non-hydrogen) atoms. The summed E-state index contributed by atoms with van der Waals surface area (Å²) >= 11 is 6.44. The molecule has 7 N–H and O–H groups in total. The summed E-state index contributed by atoms with van der Waals surface area (Å²) in [5.74, 6) is 5.80. The Morgan fingerprint density at radius 2 is 1.82 bits per heavy atom. The molecule has 0 radical (unpaired) electrons. The van der Waals surface area contributed by atoms with E-state index in [0.29, 0.717) is 35.0 Å². The number of carbonyl (C=O) groups is 1. The van der Waals surface area contributed by atoms with Crippen LogP contribution in [0.15, 0.2) is 60.2 Å². The number of amides is 2. The minimum atomic E-state index is -4.70. The summed E-state index contributed by atoms with van der Waals surface area (Å²) in [5, 5.41) is 7.93. The summed E-state index contributed by atoms with van der Waals surface area (Å²) in [5.41, 5.74) is 7.26. The number of nitrogens with two attached hydrogens (primary N) is 2. The van der Waals surface area contributed by atoms with Crippen molar-refractivity contribution in [3.63, 3.8) is 0 Å². The molecule has 0 spiro atoms. The van der Waals surface area contributed by atoms with E-state index in [0.717, 1.165) is 31.6 Å². The number of hydrogen-bond donors (Lipinski definition) is 5. The topological polar surface area (TPSA) is 122 Å². The first-order chi connectivity index (χ1) is 18.5. The Labute approximate surface area is 226 Å². The lowest BCUT2D eigenvalue weighted by atomic mass is 9.94. The number of carbonyl (C=O) groups excluding carboxylic acids is 1. The first kappa shape index (κ1) is 28.0. The van der Waals surface area contributed by atoms with Crippen LogP contribution < -0.4 is 27.5 Å². The van der Waals surface area contributed by atoms with Crippen molar-refractivity contribution in [1.82, 2.24) is 9.99 Å². The van der Waals surface area contributed by atoms with Gasteiger partial charge in [-0.25, -0.2) is 14.2 Å². The minimum Gasteiger partial charge on any atom is -0.382 e. The van der Waals surface area contributed by atoms with Gasteiger partial charge in [0.1, 0.15) is 17.3 Å². The SMILES string of the molecule is C=CN=C(N)c1c(-c2ccc(NC(=O)Nc3cc(C(F)(F)F)ccc3F)c(Cl)c2)cc(C2CCNCC2)n1N. The van der Waals surface area contributed by atoms with Crippen LogP contribution in [-0.2, 0) is 6.18 Å². The Balaban J connectivity index is 1.61. The van der Waals surface area contributed by atoms with Crippen LogP contribution in [0.1, 0.15) is 35.7 Å². The van der Waals surface area contributed by atoms with Crippen LogP contribution >= 0.6 is 11.6 Å². The second-order valence-corrected chi connectivity index (χ2v) is 9.30. The van der Waals surface area contributed by atoms with Gasteiger partial charge in [0.2, 0.25) is 0 Å². The van der Waals surface area contributed by atoms with Gasteiger partial charge < -0.3 is 27.5 Å². The molecule has 1 aliphatic heterocycles. The van der Waals surface area contributed by atoms with Crippen LogP contribution in [0.4, 0.5) is 33.7 Å². The summed E-state index contributed by atoms with van der Waals surface area (Å²) in [6, 6.07) is 7.41. The van der Waals surface area contributed by atoms with Crippen LogP contribution in [-0.4, -0.2) is 29.6 Å². The lowest BCUT2D eigenvalue weighted by Gasteiger charge is -2.23. The van der Waals surface area contributed by atoms with Crippen molar-refractivity contribution < 1.29 is 22.4 Å². The molecule has 2 amide bonds. The number of alkyl halides is 3. The third-order valence-corrected chi connectivity index (χ3v) is 6.68. The number of nitrogen functional groups attached to an aromatic ring is 1. The Kier molecular flexibility index (Phi) is 8.17. The molecular weight excluding hydrogens is 538 g/mol. The lowest BCUT2D eigenvalue weighted by molar-refractivity contribution is -0.137. The lowest BCUT2D eigenvalue weighted by Crippen LogP contribution is -2.30. The Hall–Kier alpha value is -4.03. The zero-order valence-corrected chi connectivity index (χ0v) is 21.3. The van der Waals surface area contributed by atoms with Crippen LogP contribution in [0, 0.1) is 5.82 Å². The Bertz CT molecular complexity index is 1430. The molecule has 1 saturated heterocycles. The predicted molar refractivity (Wildman–Crippen MR) is 145 cm³/mol. The van der Waals surface area contributed by atoms with Crippen LogP contribution in [0.2, 0.25) is 5.02 Å². The number of nitrogens with one attached hydrogen (secondary N) is 3. The van der Waals surface area contributed by atoms with Crippen molar-refractivity contribution in [3.8, 4) is 11.1 Å². The van der Waals surface area contributed by atoms with E-state index in [4.69, 9.17) is 23.2 Å². The number of nitrogens with zero attached hydrogens (tertiary/aromatic N) is 2. The van der Waals surface area contributed by atoms with Gasteiger partial charge in [0, 0.05) is 23.4 Å². The molecule has 3 aromatic rings. The summed E-state index contributed by atoms with van der Waals surface area (Å²) in [6.45, 7) is 5.30. The Morgan fingerprint density at radius 1 is 1.13 bits per heavy atom. The molecule has 0 bridgehead atoms. The van der Waals surface area contributed by atoms with Gasteiger partial charge in [-0.1, -0.05) is 24.2 Å². The fraction of sp³-hybridized carbons (Fsp3) is 0.231. The highest BCUT2D eigenvalue weighted by atomic mass is 35.5.